The van der Waals surface area contributed by atoms with E-state index in [1.54, 1.807) is 43.3 Å². The number of ketones is 2. The normalized spacial score (nSPS) is 13.9. The third kappa shape index (κ3) is 9.80. The molecule has 3 aromatic rings. The van der Waals surface area contributed by atoms with Crippen LogP contribution in [-0.4, -0.2) is 55.1 Å². The van der Waals surface area contributed by atoms with Gasteiger partial charge >= 0.3 is 5.97 Å². The summed E-state index contributed by atoms with van der Waals surface area (Å²) in [5.74, 6) is 0.0533. The minimum Gasteiger partial charge on any atom is -0.492 e. The second kappa shape index (κ2) is 16.0. The van der Waals surface area contributed by atoms with Crippen molar-refractivity contribution >= 4 is 50.0 Å². The number of anilines is 1. The molecule has 1 aliphatic heterocycles. The molecule has 0 spiro atoms. The maximum atomic E-state index is 12.4. The highest BCUT2D eigenvalue weighted by Gasteiger charge is 2.31. The number of pyridine rings is 1. The fraction of sp³-hybridized carbons (Fsp3) is 0.486. The van der Waals surface area contributed by atoms with Crippen LogP contribution in [0.4, 0.5) is 5.69 Å². The SMILES string of the molecule is CCCCC(=O)C(C)(C)COc1cccc2c1C(N)=NS(=O)(=O)C2.Cc1nc2cccc(OCC(C)(C)C(=O)CC(C)C)c2c(N)c1C(=O)O. The lowest BCUT2D eigenvalue weighted by atomic mass is 9.85. The number of ether oxygens (including phenoxy) is 2. The number of carbonyl (C=O) groups excluding carboxylic acids is 2. The number of hydrogen-bond acceptors (Lipinski definition) is 10. The van der Waals surface area contributed by atoms with Gasteiger partial charge < -0.3 is 26.0 Å². The quantitative estimate of drug-likeness (QED) is 0.171. The van der Waals surface area contributed by atoms with E-state index in [2.05, 4.69) is 9.38 Å². The van der Waals surface area contributed by atoms with Gasteiger partial charge in [0.1, 0.15) is 47.7 Å². The number of hydrogen-bond donors (Lipinski definition) is 3. The number of carboxylic acid groups (broad SMARTS) is 1. The molecule has 13 heteroatoms. The van der Waals surface area contributed by atoms with Crippen LogP contribution in [-0.2, 0) is 25.4 Å². The van der Waals surface area contributed by atoms with Gasteiger partial charge in [0, 0.05) is 12.8 Å². The topological polar surface area (TPSA) is 201 Å². The van der Waals surface area contributed by atoms with Crippen LogP contribution in [0.25, 0.3) is 10.9 Å². The minimum absolute atomic E-state index is 0.0244. The van der Waals surface area contributed by atoms with Crippen LogP contribution in [0.5, 0.6) is 11.5 Å². The molecule has 2 heterocycles. The van der Waals surface area contributed by atoms with E-state index in [9.17, 15) is 27.9 Å². The van der Waals surface area contributed by atoms with E-state index in [4.69, 9.17) is 20.9 Å². The number of fused-ring (bicyclic) bond motifs is 2. The molecule has 0 saturated carbocycles. The number of aromatic nitrogens is 1. The van der Waals surface area contributed by atoms with Gasteiger partial charge in [-0.25, -0.2) is 13.2 Å². The molecule has 0 amide bonds. The molecule has 50 heavy (non-hydrogen) atoms. The van der Waals surface area contributed by atoms with Crippen molar-refractivity contribution in [2.24, 2.45) is 26.9 Å². The highest BCUT2D eigenvalue weighted by Crippen LogP contribution is 2.35. The van der Waals surface area contributed by atoms with Crippen molar-refractivity contribution in [3.63, 3.8) is 0 Å². The number of amidine groups is 1. The summed E-state index contributed by atoms with van der Waals surface area (Å²) in [5, 5.41) is 9.87. The summed E-state index contributed by atoms with van der Waals surface area (Å²) >= 11 is 0. The third-order valence-electron chi connectivity index (χ3n) is 8.39. The first-order valence-corrected chi connectivity index (χ1v) is 18.3. The molecule has 2 aromatic carbocycles. The van der Waals surface area contributed by atoms with Gasteiger partial charge in [-0.05, 0) is 70.7 Å². The lowest BCUT2D eigenvalue weighted by Gasteiger charge is -2.25. The summed E-state index contributed by atoms with van der Waals surface area (Å²) in [4.78, 5) is 40.5. The molecule has 0 radical (unpaired) electrons. The largest absolute Gasteiger partial charge is 0.492 e. The smallest absolute Gasteiger partial charge is 0.339 e. The van der Waals surface area contributed by atoms with E-state index >= 15 is 0 Å². The molecular formula is C37H50N4O8S. The van der Waals surface area contributed by atoms with Crippen LogP contribution in [0.3, 0.4) is 0 Å². The molecule has 0 unspecified atom stereocenters. The summed E-state index contributed by atoms with van der Waals surface area (Å²) in [6.45, 7) is 15.4. The Bertz CT molecular complexity index is 1900. The zero-order chi connectivity index (χ0) is 37.6. The van der Waals surface area contributed by atoms with Gasteiger partial charge in [-0.3, -0.25) is 14.6 Å². The van der Waals surface area contributed by atoms with Crippen molar-refractivity contribution in [3.05, 3.63) is 58.8 Å². The fourth-order valence-electron chi connectivity index (χ4n) is 5.36. The van der Waals surface area contributed by atoms with E-state index < -0.39 is 26.8 Å². The van der Waals surface area contributed by atoms with Crippen molar-refractivity contribution in [1.29, 1.82) is 0 Å². The van der Waals surface area contributed by atoms with E-state index in [0.717, 1.165) is 12.8 Å². The molecule has 0 fully saturated rings. The second-order valence-corrected chi connectivity index (χ2v) is 16.0. The van der Waals surface area contributed by atoms with Crippen molar-refractivity contribution in [3.8, 4) is 11.5 Å². The van der Waals surface area contributed by atoms with Gasteiger partial charge in [0.2, 0.25) is 0 Å². The Kier molecular flexibility index (Phi) is 12.8. The monoisotopic (exact) mass is 710 g/mol. The van der Waals surface area contributed by atoms with Gasteiger partial charge in [0.25, 0.3) is 10.0 Å². The standard InChI is InChI=1S/C20H26N2O4.C17H24N2O4S/c1-11(2)9-15(23)20(4,5)10-26-14-8-6-7-13-17(14)18(21)16(19(24)25)12(3)22-13;1-4-5-9-14(20)17(2,3)11-23-13-8-6-7-12-10-24(21,22)19-16(18)15(12)13/h6-8,11H,9-10H2,1-5H3,(H2,21,22)(H,24,25);6-8H,4-5,9-11H2,1-3H3,(H2,18,19). The van der Waals surface area contributed by atoms with Crippen LogP contribution in [0.15, 0.2) is 40.8 Å². The van der Waals surface area contributed by atoms with E-state index in [0.29, 0.717) is 52.1 Å². The number of nitrogens with zero attached hydrogens (tertiary/aromatic N) is 2. The predicted molar refractivity (Wildman–Crippen MR) is 195 cm³/mol. The first-order valence-electron chi connectivity index (χ1n) is 16.7. The lowest BCUT2D eigenvalue weighted by molar-refractivity contribution is -0.129. The van der Waals surface area contributed by atoms with Crippen LogP contribution in [0.1, 0.15) is 101 Å². The number of benzene rings is 2. The van der Waals surface area contributed by atoms with E-state index in [-0.39, 0.29) is 53.5 Å². The molecule has 0 bridgehead atoms. The van der Waals surface area contributed by atoms with Gasteiger partial charge in [-0.1, -0.05) is 45.4 Å². The summed E-state index contributed by atoms with van der Waals surface area (Å²) in [7, 11) is -3.58. The number of unbranched alkanes of at least 4 members (excludes halogenated alkanes) is 1. The first-order chi connectivity index (χ1) is 23.2. The Labute approximate surface area is 294 Å². The van der Waals surface area contributed by atoms with Crippen molar-refractivity contribution in [2.45, 2.75) is 86.8 Å². The van der Waals surface area contributed by atoms with Gasteiger partial charge in [0.05, 0.1) is 44.4 Å². The number of carboxylic acids is 1. The van der Waals surface area contributed by atoms with Gasteiger partial charge in [0.15, 0.2) is 0 Å². The van der Waals surface area contributed by atoms with Gasteiger partial charge in [-0.15, -0.1) is 4.40 Å². The predicted octanol–water partition coefficient (Wildman–Crippen LogP) is 6.24. The third-order valence-corrected chi connectivity index (χ3v) is 9.54. The number of carbonyl (C=O) groups is 3. The van der Waals surface area contributed by atoms with Gasteiger partial charge in [-0.2, -0.15) is 0 Å². The summed E-state index contributed by atoms with van der Waals surface area (Å²) in [6, 6.07) is 10.4. The minimum atomic E-state index is -3.58. The maximum absolute atomic E-state index is 12.4. The summed E-state index contributed by atoms with van der Waals surface area (Å²) < 4.78 is 38.7. The van der Waals surface area contributed by atoms with Crippen LogP contribution >= 0.6 is 0 Å². The highest BCUT2D eigenvalue weighted by molar-refractivity contribution is 7.89. The van der Waals surface area contributed by atoms with Crippen LogP contribution in [0.2, 0.25) is 0 Å². The summed E-state index contributed by atoms with van der Waals surface area (Å²) in [5.41, 5.74) is 12.7. The van der Waals surface area contributed by atoms with E-state index in [1.807, 2.05) is 48.5 Å². The number of Topliss-reactive ketones (excluding diaryl/α,β-unsaturated/α-hetero) is 2. The van der Waals surface area contributed by atoms with Crippen molar-refractivity contribution in [2.75, 3.05) is 18.9 Å². The van der Waals surface area contributed by atoms with Crippen LogP contribution < -0.4 is 20.9 Å². The lowest BCUT2D eigenvalue weighted by Crippen LogP contribution is -2.32. The molecule has 272 valence electrons. The zero-order valence-electron chi connectivity index (χ0n) is 30.3. The molecule has 4 rings (SSSR count). The first kappa shape index (κ1) is 39.9. The molecule has 0 atom stereocenters. The van der Waals surface area contributed by atoms with Crippen LogP contribution in [0, 0.1) is 23.7 Å². The maximum Gasteiger partial charge on any atom is 0.339 e. The Morgan fingerprint density at radius 2 is 1.52 bits per heavy atom. The molecular weight excluding hydrogens is 660 g/mol. The molecule has 0 aliphatic carbocycles. The second-order valence-electron chi connectivity index (χ2n) is 14.3. The zero-order valence-corrected chi connectivity index (χ0v) is 31.1. The average Bonchev–Trinajstić information content (AvgIpc) is 3.00. The molecule has 5 N–H and O–H groups in total. The van der Waals surface area contributed by atoms with E-state index in [1.165, 1.54) is 0 Å². The number of aromatic carboxylic acids is 1. The molecule has 1 aromatic heterocycles. The molecule has 0 saturated heterocycles. The average molecular weight is 711 g/mol. The number of sulfonamides is 1. The number of nitrogens with two attached hydrogens (primary N) is 2. The summed E-state index contributed by atoms with van der Waals surface area (Å²) in [6.07, 6.45) is 2.84. The fourth-order valence-corrected chi connectivity index (χ4v) is 6.45. The number of rotatable bonds is 14. The van der Waals surface area contributed by atoms with Crippen molar-refractivity contribution < 1.29 is 37.4 Å². The molecule has 12 nitrogen and oxygen atoms in total. The number of nitrogen functional groups attached to an aromatic ring is 1. The Balaban J connectivity index is 0.000000271. The highest BCUT2D eigenvalue weighted by atomic mass is 32.2. The Morgan fingerprint density at radius 3 is 2.12 bits per heavy atom. The Hall–Kier alpha value is -4.52. The van der Waals surface area contributed by atoms with Crippen molar-refractivity contribution in [1.82, 2.24) is 4.98 Å². The Morgan fingerprint density at radius 1 is 0.940 bits per heavy atom. The number of aryl methyl sites for hydroxylation is 1. The molecule has 1 aliphatic rings.